The van der Waals surface area contributed by atoms with Crippen molar-refractivity contribution in [3.8, 4) is 21.1 Å². The van der Waals surface area contributed by atoms with Gasteiger partial charge >= 0.3 is 0 Å². The van der Waals surface area contributed by atoms with Gasteiger partial charge in [0.05, 0.1) is 33.7 Å². The van der Waals surface area contributed by atoms with Crippen LogP contribution >= 0.6 is 11.3 Å². The summed E-state index contributed by atoms with van der Waals surface area (Å²) in [5, 5.41) is 4.67. The summed E-state index contributed by atoms with van der Waals surface area (Å²) in [6.45, 7) is 0. The number of thiophene rings is 1. The van der Waals surface area contributed by atoms with E-state index >= 15 is 0 Å². The number of aromatic amines is 1. The molecular weight excluding hydrogens is 422 g/mol. The van der Waals surface area contributed by atoms with E-state index in [0.29, 0.717) is 29.7 Å². The van der Waals surface area contributed by atoms with E-state index in [0.717, 1.165) is 26.3 Å². The topological polar surface area (TPSA) is 119 Å². The van der Waals surface area contributed by atoms with Crippen molar-refractivity contribution in [3.63, 3.8) is 0 Å². The Morgan fingerprint density at radius 1 is 1.17 bits per heavy atom. The van der Waals surface area contributed by atoms with E-state index < -0.39 is 15.7 Å². The number of rotatable bonds is 4. The van der Waals surface area contributed by atoms with Crippen LogP contribution in [0.25, 0.3) is 32.0 Å². The number of nitrogens with two attached hydrogens (primary N) is 1. The maximum Gasteiger partial charge on any atom is 0.250 e. The van der Waals surface area contributed by atoms with E-state index in [2.05, 4.69) is 10.1 Å². The summed E-state index contributed by atoms with van der Waals surface area (Å²) >= 11 is 1.54. The molecule has 1 saturated heterocycles. The van der Waals surface area contributed by atoms with Gasteiger partial charge in [0.15, 0.2) is 5.76 Å². The standard InChI is InChI=1S/C21H19N3O4S2/c22-21(25)15-10-13(18-1-2-19(29-18)17-3-6-24-28-17)9-14-16(11-23-20(14)15)12-4-7-30(26,27)8-5-12/h1-3,6,9-12,23H,4-5,7-8H2,(H2,22,25). The van der Waals surface area contributed by atoms with Crippen molar-refractivity contribution in [3.05, 3.63) is 53.9 Å². The zero-order chi connectivity index (χ0) is 20.9. The first-order chi connectivity index (χ1) is 14.4. The monoisotopic (exact) mass is 441 g/mol. The highest BCUT2D eigenvalue weighted by atomic mass is 32.2. The number of fused-ring (bicyclic) bond motifs is 1. The van der Waals surface area contributed by atoms with Crippen LogP contribution in [0.3, 0.4) is 0 Å². The molecule has 9 heteroatoms. The molecule has 154 valence electrons. The van der Waals surface area contributed by atoms with Gasteiger partial charge < -0.3 is 15.2 Å². The second-order valence-corrected chi connectivity index (χ2v) is 10.9. The van der Waals surface area contributed by atoms with Crippen LogP contribution in [0.5, 0.6) is 0 Å². The molecule has 1 fully saturated rings. The van der Waals surface area contributed by atoms with Crippen molar-refractivity contribution in [2.24, 2.45) is 5.73 Å². The minimum atomic E-state index is -2.95. The number of primary amides is 1. The fourth-order valence-electron chi connectivity index (χ4n) is 4.10. The Morgan fingerprint density at radius 3 is 2.63 bits per heavy atom. The minimum Gasteiger partial charge on any atom is -0.366 e. The Kier molecular flexibility index (Phi) is 4.52. The Hall–Kier alpha value is -2.91. The highest BCUT2D eigenvalue weighted by molar-refractivity contribution is 7.91. The lowest BCUT2D eigenvalue weighted by Gasteiger charge is -2.21. The molecule has 0 unspecified atom stereocenters. The van der Waals surface area contributed by atoms with E-state index in [-0.39, 0.29) is 17.4 Å². The first-order valence-corrected chi connectivity index (χ1v) is 12.2. The third kappa shape index (κ3) is 3.33. The first-order valence-electron chi connectivity index (χ1n) is 9.58. The molecule has 4 aromatic rings. The van der Waals surface area contributed by atoms with Gasteiger partial charge in [0, 0.05) is 22.5 Å². The lowest BCUT2D eigenvalue weighted by molar-refractivity contribution is 0.100. The Morgan fingerprint density at radius 2 is 1.93 bits per heavy atom. The number of hydrogen-bond donors (Lipinski definition) is 2. The van der Waals surface area contributed by atoms with Crippen LogP contribution in [0.4, 0.5) is 0 Å². The largest absolute Gasteiger partial charge is 0.366 e. The van der Waals surface area contributed by atoms with E-state index in [9.17, 15) is 13.2 Å². The molecule has 1 aliphatic heterocycles. The molecule has 0 atom stereocenters. The second kappa shape index (κ2) is 7.10. The maximum absolute atomic E-state index is 12.2. The fraction of sp³-hybridized carbons (Fsp3) is 0.238. The van der Waals surface area contributed by atoms with Crippen LogP contribution in [0, 0.1) is 0 Å². The molecule has 0 aliphatic carbocycles. The van der Waals surface area contributed by atoms with Crippen LogP contribution in [0.15, 0.2) is 47.2 Å². The molecule has 3 aromatic heterocycles. The van der Waals surface area contributed by atoms with Crippen LogP contribution < -0.4 is 5.73 Å². The minimum absolute atomic E-state index is 0.131. The molecule has 5 rings (SSSR count). The van der Waals surface area contributed by atoms with Gasteiger partial charge in [-0.3, -0.25) is 4.79 Å². The van der Waals surface area contributed by atoms with Crippen LogP contribution in [0.1, 0.15) is 34.7 Å². The number of nitrogens with one attached hydrogen (secondary N) is 1. The number of hydrogen-bond acceptors (Lipinski definition) is 6. The molecule has 3 N–H and O–H groups in total. The fourth-order valence-corrected chi connectivity index (χ4v) is 6.54. The van der Waals surface area contributed by atoms with E-state index in [4.69, 9.17) is 10.3 Å². The molecule has 1 amide bonds. The number of aromatic nitrogens is 2. The number of carbonyl (C=O) groups excluding carboxylic acids is 1. The van der Waals surface area contributed by atoms with Crippen LogP contribution in [-0.2, 0) is 9.84 Å². The highest BCUT2D eigenvalue weighted by Crippen LogP contribution is 2.40. The Bertz CT molecular complexity index is 1340. The van der Waals surface area contributed by atoms with Crippen LogP contribution in [0.2, 0.25) is 0 Å². The van der Waals surface area contributed by atoms with Crippen molar-refractivity contribution in [2.75, 3.05) is 11.5 Å². The number of amides is 1. The SMILES string of the molecule is NC(=O)c1cc(-c2ccc(-c3ccno3)s2)cc2c(C3CCS(=O)(=O)CC3)c[nH]c12. The van der Waals surface area contributed by atoms with Crippen LogP contribution in [-0.4, -0.2) is 36.0 Å². The van der Waals surface area contributed by atoms with E-state index in [1.807, 2.05) is 24.4 Å². The van der Waals surface area contributed by atoms with E-state index in [1.54, 1.807) is 29.7 Å². The summed E-state index contributed by atoms with van der Waals surface area (Å²) in [5.74, 6) is 0.698. The van der Waals surface area contributed by atoms with Gasteiger partial charge in [0.1, 0.15) is 9.84 Å². The molecule has 0 radical (unpaired) electrons. The summed E-state index contributed by atoms with van der Waals surface area (Å²) in [4.78, 5) is 17.3. The second-order valence-electron chi connectivity index (χ2n) is 7.52. The normalized spacial score (nSPS) is 16.8. The molecule has 0 spiro atoms. The van der Waals surface area contributed by atoms with Crippen molar-refractivity contribution in [1.29, 1.82) is 0 Å². The zero-order valence-corrected chi connectivity index (χ0v) is 17.6. The molecule has 30 heavy (non-hydrogen) atoms. The summed E-state index contributed by atoms with van der Waals surface area (Å²) in [5.41, 5.74) is 8.72. The van der Waals surface area contributed by atoms with Gasteiger partial charge in [-0.2, -0.15) is 0 Å². The smallest absolute Gasteiger partial charge is 0.250 e. The van der Waals surface area contributed by atoms with Gasteiger partial charge in [-0.25, -0.2) is 8.42 Å². The number of sulfone groups is 1. The van der Waals surface area contributed by atoms with Gasteiger partial charge in [-0.1, -0.05) is 5.16 Å². The van der Waals surface area contributed by atoms with Crippen molar-refractivity contribution >= 4 is 38.0 Å². The average Bonchev–Trinajstić information content (AvgIpc) is 3.46. The quantitative estimate of drug-likeness (QED) is 0.497. The zero-order valence-electron chi connectivity index (χ0n) is 15.9. The van der Waals surface area contributed by atoms with Crippen molar-refractivity contribution < 1.29 is 17.7 Å². The summed E-state index contributed by atoms with van der Waals surface area (Å²) in [6.07, 6.45) is 4.65. The summed E-state index contributed by atoms with van der Waals surface area (Å²) in [7, 11) is -2.95. The molecule has 1 aromatic carbocycles. The van der Waals surface area contributed by atoms with Gasteiger partial charge in [0.25, 0.3) is 5.91 Å². The molecule has 1 aliphatic rings. The molecule has 0 saturated carbocycles. The van der Waals surface area contributed by atoms with Gasteiger partial charge in [-0.05, 0) is 54.2 Å². The van der Waals surface area contributed by atoms with Gasteiger partial charge in [0.2, 0.25) is 0 Å². The Balaban J connectivity index is 1.60. The van der Waals surface area contributed by atoms with Gasteiger partial charge in [-0.15, -0.1) is 11.3 Å². The maximum atomic E-state index is 12.2. The lowest BCUT2D eigenvalue weighted by Crippen LogP contribution is -2.22. The predicted octanol–water partition coefficient (Wildman–Crippen LogP) is 3.94. The Labute approximate surface area is 176 Å². The lowest BCUT2D eigenvalue weighted by atomic mass is 9.91. The molecular formula is C21H19N3O4S2. The van der Waals surface area contributed by atoms with Crippen molar-refractivity contribution in [1.82, 2.24) is 10.1 Å². The summed E-state index contributed by atoms with van der Waals surface area (Å²) in [6, 6.07) is 9.58. The molecule has 7 nitrogen and oxygen atoms in total. The number of nitrogens with zero attached hydrogens (tertiary/aromatic N) is 1. The van der Waals surface area contributed by atoms with E-state index in [1.165, 1.54) is 0 Å². The third-order valence-corrected chi connectivity index (χ3v) is 8.52. The number of benzene rings is 1. The first kappa shape index (κ1) is 19.1. The number of carbonyl (C=O) groups is 1. The average molecular weight is 442 g/mol. The predicted molar refractivity (Wildman–Crippen MR) is 116 cm³/mol. The third-order valence-electron chi connectivity index (χ3n) is 5.65. The number of H-pyrrole nitrogens is 1. The van der Waals surface area contributed by atoms with Crippen molar-refractivity contribution in [2.45, 2.75) is 18.8 Å². The molecule has 0 bridgehead atoms. The summed E-state index contributed by atoms with van der Waals surface area (Å²) < 4.78 is 28.9. The molecule has 4 heterocycles. The highest BCUT2D eigenvalue weighted by Gasteiger charge is 2.27.